The third-order valence-electron chi connectivity index (χ3n) is 4.40. The molecule has 1 N–H and O–H groups in total. The van der Waals surface area contributed by atoms with Gasteiger partial charge in [0.1, 0.15) is 0 Å². The van der Waals surface area contributed by atoms with Gasteiger partial charge in [0.05, 0.1) is 5.69 Å². The summed E-state index contributed by atoms with van der Waals surface area (Å²) in [7, 11) is 0. The van der Waals surface area contributed by atoms with Gasteiger partial charge in [-0.15, -0.1) is 0 Å². The normalized spacial score (nSPS) is 23.2. The summed E-state index contributed by atoms with van der Waals surface area (Å²) >= 11 is 0. The molecule has 1 atom stereocenters. The van der Waals surface area contributed by atoms with Gasteiger partial charge in [0, 0.05) is 49.2 Å². The lowest BCUT2D eigenvalue weighted by Gasteiger charge is -2.38. The maximum atomic E-state index is 11.7. The standard InChI is InChI=1S/C15H17N3O/c19-15-6-5-11-10-17(7-8-18(11)15)14-9-16-13-4-2-1-3-12(13)14/h1-4,9,11,16H,5-8,10H2. The minimum absolute atomic E-state index is 0.337. The Morgan fingerprint density at radius 1 is 1.21 bits per heavy atom. The Morgan fingerprint density at radius 2 is 2.11 bits per heavy atom. The van der Waals surface area contributed by atoms with Crippen LogP contribution in [0.15, 0.2) is 30.5 Å². The molecule has 2 aromatic rings. The number of aromatic amines is 1. The first-order valence-corrected chi connectivity index (χ1v) is 6.93. The summed E-state index contributed by atoms with van der Waals surface area (Å²) in [5, 5.41) is 1.28. The molecule has 2 fully saturated rings. The Hall–Kier alpha value is -1.97. The first-order chi connectivity index (χ1) is 9.33. The number of nitrogens with zero attached hydrogens (tertiary/aromatic N) is 2. The van der Waals surface area contributed by atoms with Crippen molar-refractivity contribution in [1.82, 2.24) is 9.88 Å². The number of carbonyl (C=O) groups is 1. The number of nitrogens with one attached hydrogen (secondary N) is 1. The number of hydrogen-bond donors (Lipinski definition) is 1. The summed E-state index contributed by atoms with van der Waals surface area (Å²) in [5.41, 5.74) is 2.46. The second kappa shape index (κ2) is 4.02. The van der Waals surface area contributed by atoms with Gasteiger partial charge in [-0.2, -0.15) is 0 Å². The third-order valence-corrected chi connectivity index (χ3v) is 4.40. The number of carbonyl (C=O) groups excluding carboxylic acids is 1. The highest BCUT2D eigenvalue weighted by Crippen LogP contribution is 2.31. The zero-order chi connectivity index (χ0) is 12.8. The lowest BCUT2D eigenvalue weighted by molar-refractivity contribution is -0.129. The van der Waals surface area contributed by atoms with Gasteiger partial charge >= 0.3 is 0 Å². The number of para-hydroxylation sites is 1. The van der Waals surface area contributed by atoms with E-state index in [1.807, 2.05) is 0 Å². The molecule has 4 heteroatoms. The van der Waals surface area contributed by atoms with Crippen molar-refractivity contribution < 1.29 is 4.79 Å². The van der Waals surface area contributed by atoms with Gasteiger partial charge in [0.15, 0.2) is 0 Å². The van der Waals surface area contributed by atoms with E-state index in [-0.39, 0.29) is 0 Å². The van der Waals surface area contributed by atoms with Crippen LogP contribution in [0.3, 0.4) is 0 Å². The summed E-state index contributed by atoms with van der Waals surface area (Å²) in [6, 6.07) is 8.81. The molecule has 1 aromatic heterocycles. The SMILES string of the molecule is O=C1CCC2CN(c3c[nH]c4ccccc34)CCN12. The second-order valence-corrected chi connectivity index (χ2v) is 5.45. The average molecular weight is 255 g/mol. The molecular formula is C15H17N3O. The van der Waals surface area contributed by atoms with Crippen LogP contribution in [0.1, 0.15) is 12.8 Å². The zero-order valence-electron chi connectivity index (χ0n) is 10.8. The molecule has 0 saturated carbocycles. The first kappa shape index (κ1) is 10.9. The fourth-order valence-corrected chi connectivity index (χ4v) is 3.40. The number of hydrogen-bond acceptors (Lipinski definition) is 2. The summed E-state index contributed by atoms with van der Waals surface area (Å²) < 4.78 is 0. The molecule has 0 spiro atoms. The van der Waals surface area contributed by atoms with E-state index in [0.717, 1.165) is 32.5 Å². The first-order valence-electron chi connectivity index (χ1n) is 6.93. The molecule has 1 aromatic carbocycles. The van der Waals surface area contributed by atoms with Gasteiger partial charge in [-0.05, 0) is 12.5 Å². The molecule has 4 rings (SSSR count). The van der Waals surface area contributed by atoms with Crippen molar-refractivity contribution in [2.75, 3.05) is 24.5 Å². The number of anilines is 1. The van der Waals surface area contributed by atoms with Crippen molar-refractivity contribution in [1.29, 1.82) is 0 Å². The van der Waals surface area contributed by atoms with Crippen molar-refractivity contribution in [2.24, 2.45) is 0 Å². The molecule has 2 aliphatic rings. The van der Waals surface area contributed by atoms with E-state index in [1.165, 1.54) is 16.6 Å². The van der Waals surface area contributed by atoms with E-state index in [9.17, 15) is 4.79 Å². The molecule has 2 aliphatic heterocycles. The second-order valence-electron chi connectivity index (χ2n) is 5.45. The molecule has 0 radical (unpaired) electrons. The maximum absolute atomic E-state index is 11.7. The van der Waals surface area contributed by atoms with E-state index < -0.39 is 0 Å². The third kappa shape index (κ3) is 1.63. The highest BCUT2D eigenvalue weighted by atomic mass is 16.2. The fraction of sp³-hybridized carbons (Fsp3) is 0.400. The molecule has 0 aliphatic carbocycles. The fourth-order valence-electron chi connectivity index (χ4n) is 3.40. The lowest BCUT2D eigenvalue weighted by Crippen LogP contribution is -2.51. The number of piperazine rings is 1. The molecule has 19 heavy (non-hydrogen) atoms. The van der Waals surface area contributed by atoms with Gasteiger partial charge in [0.2, 0.25) is 5.91 Å². The Kier molecular flexibility index (Phi) is 2.31. The van der Waals surface area contributed by atoms with E-state index in [1.54, 1.807) is 0 Å². The largest absolute Gasteiger partial charge is 0.366 e. The molecule has 0 bridgehead atoms. The van der Waals surface area contributed by atoms with Crippen LogP contribution in [-0.2, 0) is 4.79 Å². The van der Waals surface area contributed by atoms with Crippen LogP contribution in [0.2, 0.25) is 0 Å². The molecule has 4 nitrogen and oxygen atoms in total. The molecular weight excluding hydrogens is 238 g/mol. The molecule has 1 amide bonds. The van der Waals surface area contributed by atoms with Gasteiger partial charge in [-0.3, -0.25) is 4.79 Å². The minimum atomic E-state index is 0.337. The van der Waals surface area contributed by atoms with Crippen LogP contribution >= 0.6 is 0 Å². The lowest BCUT2D eigenvalue weighted by atomic mass is 10.1. The highest BCUT2D eigenvalue weighted by molar-refractivity contribution is 5.93. The van der Waals surface area contributed by atoms with Crippen LogP contribution in [0.25, 0.3) is 10.9 Å². The van der Waals surface area contributed by atoms with Crippen LogP contribution in [0, 0.1) is 0 Å². The van der Waals surface area contributed by atoms with Gasteiger partial charge in [0.25, 0.3) is 0 Å². The number of H-pyrrole nitrogens is 1. The predicted molar refractivity (Wildman–Crippen MR) is 75.2 cm³/mol. The molecule has 2 saturated heterocycles. The van der Waals surface area contributed by atoms with Gasteiger partial charge < -0.3 is 14.8 Å². The number of aromatic nitrogens is 1. The molecule has 1 unspecified atom stereocenters. The number of rotatable bonds is 1. The topological polar surface area (TPSA) is 39.3 Å². The molecule has 3 heterocycles. The van der Waals surface area contributed by atoms with Gasteiger partial charge in [-0.1, -0.05) is 18.2 Å². The van der Waals surface area contributed by atoms with Crippen LogP contribution in [0.4, 0.5) is 5.69 Å². The van der Waals surface area contributed by atoms with Crippen LogP contribution < -0.4 is 4.90 Å². The van der Waals surface area contributed by atoms with Crippen molar-refractivity contribution >= 4 is 22.5 Å². The Bertz CT molecular complexity index is 633. The van der Waals surface area contributed by atoms with Crippen molar-refractivity contribution in [3.63, 3.8) is 0 Å². The summed E-state index contributed by atoms with van der Waals surface area (Å²) in [5.74, 6) is 0.337. The molecule has 98 valence electrons. The Labute approximate surface area is 112 Å². The van der Waals surface area contributed by atoms with Crippen molar-refractivity contribution in [3.05, 3.63) is 30.5 Å². The summed E-state index contributed by atoms with van der Waals surface area (Å²) in [6.45, 7) is 2.76. The van der Waals surface area contributed by atoms with Crippen molar-refractivity contribution in [2.45, 2.75) is 18.9 Å². The number of fused-ring (bicyclic) bond motifs is 2. The highest BCUT2D eigenvalue weighted by Gasteiger charge is 2.35. The smallest absolute Gasteiger partial charge is 0.223 e. The number of benzene rings is 1. The van der Waals surface area contributed by atoms with Gasteiger partial charge in [-0.25, -0.2) is 0 Å². The van der Waals surface area contributed by atoms with E-state index >= 15 is 0 Å². The minimum Gasteiger partial charge on any atom is -0.366 e. The average Bonchev–Trinajstić information content (AvgIpc) is 3.03. The van der Waals surface area contributed by atoms with Crippen LogP contribution in [-0.4, -0.2) is 41.5 Å². The zero-order valence-corrected chi connectivity index (χ0v) is 10.8. The number of amides is 1. The summed E-state index contributed by atoms with van der Waals surface area (Å²) in [6.07, 6.45) is 3.83. The van der Waals surface area contributed by atoms with Crippen molar-refractivity contribution in [3.8, 4) is 0 Å². The summed E-state index contributed by atoms with van der Waals surface area (Å²) in [4.78, 5) is 19.5. The quantitative estimate of drug-likeness (QED) is 0.846. The maximum Gasteiger partial charge on any atom is 0.223 e. The van der Waals surface area contributed by atoms with Crippen LogP contribution in [0.5, 0.6) is 0 Å². The monoisotopic (exact) mass is 255 g/mol. The van der Waals surface area contributed by atoms with E-state index in [2.05, 4.69) is 45.2 Å². The Morgan fingerprint density at radius 3 is 3.05 bits per heavy atom. The predicted octanol–water partition coefficient (Wildman–Crippen LogP) is 1.98. The van der Waals surface area contributed by atoms with E-state index in [4.69, 9.17) is 0 Å². The van der Waals surface area contributed by atoms with E-state index in [0.29, 0.717) is 11.9 Å². The Balaban J connectivity index is 1.65.